The lowest BCUT2D eigenvalue weighted by Gasteiger charge is -2.61. The van der Waals surface area contributed by atoms with Gasteiger partial charge in [0.05, 0.1) is 37.6 Å². The lowest BCUT2D eigenvalue weighted by Crippen LogP contribution is -2.66. The van der Waals surface area contributed by atoms with Crippen LogP contribution < -0.4 is 0 Å². The van der Waals surface area contributed by atoms with Gasteiger partial charge in [0, 0.05) is 37.5 Å². The first-order valence-electron chi connectivity index (χ1n) is 23.6. The minimum absolute atomic E-state index is 0.0429. The lowest BCUT2D eigenvalue weighted by atomic mass is 9.46. The van der Waals surface area contributed by atoms with Crippen molar-refractivity contribution in [3.8, 4) is 0 Å². The minimum Gasteiger partial charge on any atom is -0.462 e. The van der Waals surface area contributed by atoms with E-state index >= 15 is 0 Å². The summed E-state index contributed by atoms with van der Waals surface area (Å²) in [5.74, 6) is 1.09. The SMILES string of the molecule is CC(=O)O[C@@H]1CC2=CC[C@@H]3[C@H](CC[C@]4(C)C5[C@H](C[C@@H]34)O[C@]3(CC[C@@H](C)CO3)[C@H]5C)[C@@]2(C)[C@H](O[C@H]2O[C@H](C)[C@H](O)[C@H](O[C@@H]3OC[C@@H](O)[C@H](O)[C@H]3O)[C@H]2O[C@@H]2O[C@@H](C)[C@H](O)[C@@H](O)[C@H]2O)C1. The van der Waals surface area contributed by atoms with Crippen LogP contribution in [-0.2, 0) is 47.4 Å². The van der Waals surface area contributed by atoms with Crippen molar-refractivity contribution in [3.63, 3.8) is 0 Å². The molecule has 8 fully saturated rings. The number of aliphatic hydroxyl groups excluding tert-OH is 7. The first-order chi connectivity index (χ1) is 29.8. The quantitative estimate of drug-likeness (QED) is 0.141. The smallest absolute Gasteiger partial charge is 0.302 e. The predicted octanol–water partition coefficient (Wildman–Crippen LogP) is 1.42. The molecule has 0 aromatic carbocycles. The van der Waals surface area contributed by atoms with E-state index in [1.54, 1.807) is 6.92 Å². The van der Waals surface area contributed by atoms with E-state index < -0.39 is 115 Å². The van der Waals surface area contributed by atoms with Crippen molar-refractivity contribution in [1.82, 2.24) is 0 Å². The van der Waals surface area contributed by atoms with E-state index in [9.17, 15) is 40.5 Å². The molecular weight excluding hydrogens is 824 g/mol. The molecule has 63 heavy (non-hydrogen) atoms. The molecular formula is C46H72O17. The van der Waals surface area contributed by atoms with Gasteiger partial charge in [-0.2, -0.15) is 0 Å². The Morgan fingerprint density at radius 3 is 2.16 bits per heavy atom. The number of hydrogen-bond acceptors (Lipinski definition) is 17. The van der Waals surface area contributed by atoms with Gasteiger partial charge in [-0.05, 0) is 81.0 Å². The van der Waals surface area contributed by atoms with Crippen LogP contribution >= 0.6 is 0 Å². The zero-order valence-electron chi connectivity index (χ0n) is 37.6. The first-order valence-corrected chi connectivity index (χ1v) is 23.6. The van der Waals surface area contributed by atoms with E-state index in [2.05, 4.69) is 33.8 Å². The summed E-state index contributed by atoms with van der Waals surface area (Å²) in [5.41, 5.74) is 0.608. The second kappa shape index (κ2) is 17.3. The van der Waals surface area contributed by atoms with Crippen LogP contribution in [0.25, 0.3) is 0 Å². The molecule has 9 rings (SSSR count). The molecule has 0 amide bonds. The third-order valence-corrected chi connectivity index (χ3v) is 17.6. The van der Waals surface area contributed by atoms with E-state index in [0.717, 1.165) is 50.7 Å². The highest BCUT2D eigenvalue weighted by Gasteiger charge is 2.70. The summed E-state index contributed by atoms with van der Waals surface area (Å²) in [5, 5.41) is 75.8. The average Bonchev–Trinajstić information content (AvgIpc) is 3.69. The molecule has 5 heterocycles. The van der Waals surface area contributed by atoms with Crippen LogP contribution in [0.4, 0.5) is 0 Å². The van der Waals surface area contributed by atoms with E-state index in [1.165, 1.54) is 13.8 Å². The number of hydrogen-bond donors (Lipinski definition) is 7. The van der Waals surface area contributed by atoms with Crippen LogP contribution in [0.2, 0.25) is 0 Å². The molecule has 26 atom stereocenters. The topological polar surface area (TPSA) is 242 Å². The van der Waals surface area contributed by atoms with Crippen LogP contribution in [0.3, 0.4) is 0 Å². The zero-order chi connectivity index (χ0) is 45.1. The summed E-state index contributed by atoms with van der Waals surface area (Å²) in [4.78, 5) is 12.5. The Bertz CT molecular complexity index is 1690. The summed E-state index contributed by atoms with van der Waals surface area (Å²) < 4.78 is 57.3. The maximum atomic E-state index is 12.5. The van der Waals surface area contributed by atoms with E-state index in [1.807, 2.05) is 0 Å². The fraction of sp³-hybridized carbons (Fsp3) is 0.935. The Labute approximate surface area is 369 Å². The van der Waals surface area contributed by atoms with Gasteiger partial charge in [0.1, 0.15) is 61.0 Å². The van der Waals surface area contributed by atoms with Crippen molar-refractivity contribution < 1.29 is 83.2 Å². The highest BCUT2D eigenvalue weighted by molar-refractivity contribution is 5.66. The maximum absolute atomic E-state index is 12.5. The van der Waals surface area contributed by atoms with Crippen molar-refractivity contribution in [1.29, 1.82) is 0 Å². The second-order valence-corrected chi connectivity index (χ2v) is 21.3. The van der Waals surface area contributed by atoms with Crippen molar-refractivity contribution in [2.75, 3.05) is 13.2 Å². The number of esters is 1. The molecule has 7 N–H and O–H groups in total. The Balaban J connectivity index is 1.03. The van der Waals surface area contributed by atoms with Crippen LogP contribution in [0, 0.1) is 46.3 Å². The molecule has 0 radical (unpaired) electrons. The number of carbonyl (C=O) groups excluding carboxylic acids is 1. The fourth-order valence-electron chi connectivity index (χ4n) is 14.1. The summed E-state index contributed by atoms with van der Waals surface area (Å²) >= 11 is 0. The zero-order valence-corrected chi connectivity index (χ0v) is 37.6. The predicted molar refractivity (Wildman–Crippen MR) is 218 cm³/mol. The van der Waals surface area contributed by atoms with Gasteiger partial charge >= 0.3 is 5.97 Å². The molecule has 4 aliphatic carbocycles. The van der Waals surface area contributed by atoms with Gasteiger partial charge in [-0.25, -0.2) is 0 Å². The summed E-state index contributed by atoms with van der Waals surface area (Å²) in [6.45, 7) is 14.2. The molecule has 17 heteroatoms. The van der Waals surface area contributed by atoms with Crippen LogP contribution in [-0.4, -0.2) is 165 Å². The lowest BCUT2D eigenvalue weighted by molar-refractivity contribution is -0.391. The highest BCUT2D eigenvalue weighted by atomic mass is 16.8. The highest BCUT2D eigenvalue weighted by Crippen LogP contribution is 2.71. The van der Waals surface area contributed by atoms with Crippen molar-refractivity contribution in [3.05, 3.63) is 11.6 Å². The normalized spacial score (nSPS) is 56.8. The molecule has 3 saturated carbocycles. The third kappa shape index (κ3) is 7.78. The van der Waals surface area contributed by atoms with Gasteiger partial charge in [-0.15, -0.1) is 0 Å². The number of fused-ring (bicyclic) bond motifs is 7. The van der Waals surface area contributed by atoms with Gasteiger partial charge in [0.25, 0.3) is 0 Å². The van der Waals surface area contributed by atoms with Crippen molar-refractivity contribution in [2.45, 2.75) is 210 Å². The van der Waals surface area contributed by atoms with Crippen molar-refractivity contribution in [2.24, 2.45) is 46.3 Å². The Morgan fingerprint density at radius 1 is 0.746 bits per heavy atom. The van der Waals surface area contributed by atoms with Gasteiger partial charge < -0.3 is 78.4 Å². The van der Waals surface area contributed by atoms with Crippen LogP contribution in [0.5, 0.6) is 0 Å². The molecule has 1 spiro atoms. The monoisotopic (exact) mass is 896 g/mol. The summed E-state index contributed by atoms with van der Waals surface area (Å²) in [6, 6.07) is 0. The standard InChI is InChI=1S/C46H72O17/c1-19-10-13-46(56-17-19)20(2)32-30(63-46)16-28-26-9-8-24-14-25(59-23(5)47)15-31(45(24,7)27(26)11-12-44(28,32)6)60-43-40(62-42-38(54)36(52)33(49)21(3)57-42)39(34(50)22(4)58-43)61-41-37(53)35(51)29(48)18-55-41/h8,19-22,25-43,48-54H,9-18H2,1-7H3/t19-,20+,21+,22-,25-,26-,27+,28+,29-,30+,31-,32?,33+,34+,35+,36-,37-,38-,39+,40-,41+,42+,43-,44+,45+,46-/m1/s1. The van der Waals surface area contributed by atoms with E-state index in [0.29, 0.717) is 36.5 Å². The first kappa shape index (κ1) is 46.7. The maximum Gasteiger partial charge on any atom is 0.302 e. The number of allylic oxidation sites excluding steroid dienone is 1. The second-order valence-electron chi connectivity index (χ2n) is 21.3. The molecule has 17 nitrogen and oxygen atoms in total. The molecule has 358 valence electrons. The van der Waals surface area contributed by atoms with E-state index in [-0.39, 0.29) is 30.0 Å². The molecule has 1 unspecified atom stereocenters. The summed E-state index contributed by atoms with van der Waals surface area (Å²) in [7, 11) is 0. The molecule has 5 aliphatic heterocycles. The molecule has 5 saturated heterocycles. The Kier molecular flexibility index (Phi) is 12.8. The fourth-order valence-corrected chi connectivity index (χ4v) is 14.1. The van der Waals surface area contributed by atoms with E-state index in [4.69, 9.17) is 42.6 Å². The number of ether oxygens (including phenoxy) is 9. The molecule has 0 aromatic heterocycles. The number of carbonyl (C=O) groups is 1. The van der Waals surface area contributed by atoms with Gasteiger partial charge in [0.2, 0.25) is 0 Å². The molecule has 9 aliphatic rings. The average molecular weight is 897 g/mol. The molecule has 0 bridgehead atoms. The van der Waals surface area contributed by atoms with Gasteiger partial charge in [-0.1, -0.05) is 39.3 Å². The summed E-state index contributed by atoms with van der Waals surface area (Å²) in [6.07, 6.45) is -12.3. The Morgan fingerprint density at radius 2 is 1.44 bits per heavy atom. The molecule has 0 aromatic rings. The number of aliphatic hydroxyl groups is 7. The van der Waals surface area contributed by atoms with Gasteiger partial charge in [0.15, 0.2) is 24.7 Å². The van der Waals surface area contributed by atoms with Crippen LogP contribution in [0.15, 0.2) is 11.6 Å². The van der Waals surface area contributed by atoms with Gasteiger partial charge in [-0.3, -0.25) is 4.79 Å². The minimum atomic E-state index is -1.74. The van der Waals surface area contributed by atoms with Crippen LogP contribution in [0.1, 0.15) is 99.8 Å². The largest absolute Gasteiger partial charge is 0.462 e. The number of rotatable bonds is 7. The van der Waals surface area contributed by atoms with Crippen molar-refractivity contribution >= 4 is 5.97 Å². The third-order valence-electron chi connectivity index (χ3n) is 17.6. The Hall–Kier alpha value is -1.39.